The SMILES string of the molecule is CN1C2CCC1CC(NC(=O)c1cc(Cl)c(N)cc1OCCC1CCCC1)C2. The predicted octanol–water partition coefficient (Wildman–Crippen LogP) is 4.24. The molecular formula is C22H32ClN3O2. The topological polar surface area (TPSA) is 67.6 Å². The number of amides is 1. The lowest BCUT2D eigenvalue weighted by molar-refractivity contribution is 0.0878. The molecule has 0 aromatic heterocycles. The summed E-state index contributed by atoms with van der Waals surface area (Å²) in [6.07, 6.45) is 10.7. The van der Waals surface area contributed by atoms with Crippen LogP contribution < -0.4 is 15.8 Å². The predicted molar refractivity (Wildman–Crippen MR) is 113 cm³/mol. The summed E-state index contributed by atoms with van der Waals surface area (Å²) in [6.45, 7) is 0.615. The minimum absolute atomic E-state index is 0.105. The zero-order valence-electron chi connectivity index (χ0n) is 16.8. The first-order valence-electron chi connectivity index (χ1n) is 10.8. The first-order chi connectivity index (χ1) is 13.5. The summed E-state index contributed by atoms with van der Waals surface area (Å²) in [6, 6.07) is 4.73. The van der Waals surface area contributed by atoms with E-state index in [2.05, 4.69) is 17.3 Å². The van der Waals surface area contributed by atoms with E-state index in [1.807, 2.05) is 0 Å². The first kappa shape index (κ1) is 19.8. The number of carbonyl (C=O) groups excluding carboxylic acids is 1. The smallest absolute Gasteiger partial charge is 0.255 e. The van der Waals surface area contributed by atoms with E-state index in [1.165, 1.54) is 38.5 Å². The summed E-state index contributed by atoms with van der Waals surface area (Å²) in [5, 5.41) is 3.63. The molecule has 2 aliphatic heterocycles. The van der Waals surface area contributed by atoms with Gasteiger partial charge >= 0.3 is 0 Å². The van der Waals surface area contributed by atoms with Crippen molar-refractivity contribution in [2.45, 2.75) is 75.9 Å². The van der Waals surface area contributed by atoms with Crippen LogP contribution in [0.4, 0.5) is 5.69 Å². The fourth-order valence-corrected chi connectivity index (χ4v) is 5.46. The van der Waals surface area contributed by atoms with Gasteiger partial charge in [-0.2, -0.15) is 0 Å². The molecule has 3 fully saturated rings. The number of benzene rings is 1. The summed E-state index contributed by atoms with van der Waals surface area (Å²) in [4.78, 5) is 15.5. The van der Waals surface area contributed by atoms with Crippen molar-refractivity contribution in [3.05, 3.63) is 22.7 Å². The third kappa shape index (κ3) is 4.25. The largest absolute Gasteiger partial charge is 0.493 e. The normalized spacial score (nSPS) is 27.9. The maximum absolute atomic E-state index is 13.0. The molecule has 2 bridgehead atoms. The summed E-state index contributed by atoms with van der Waals surface area (Å²) >= 11 is 6.22. The van der Waals surface area contributed by atoms with Gasteiger partial charge in [-0.15, -0.1) is 0 Å². The van der Waals surface area contributed by atoms with Crippen molar-refractivity contribution in [2.75, 3.05) is 19.4 Å². The number of nitrogens with zero attached hydrogens (tertiary/aromatic N) is 1. The van der Waals surface area contributed by atoms with Gasteiger partial charge in [0.15, 0.2) is 0 Å². The fraction of sp³-hybridized carbons (Fsp3) is 0.682. The highest BCUT2D eigenvalue weighted by atomic mass is 35.5. The van der Waals surface area contributed by atoms with Gasteiger partial charge in [0, 0.05) is 24.2 Å². The molecule has 1 aromatic rings. The Morgan fingerprint density at radius 2 is 1.89 bits per heavy atom. The molecule has 4 rings (SSSR count). The van der Waals surface area contributed by atoms with E-state index >= 15 is 0 Å². The Balaban J connectivity index is 1.41. The van der Waals surface area contributed by atoms with Crippen LogP contribution in [0.5, 0.6) is 5.75 Å². The van der Waals surface area contributed by atoms with Crippen LogP contribution in [0.15, 0.2) is 12.1 Å². The quantitative estimate of drug-likeness (QED) is 0.694. The first-order valence-corrected chi connectivity index (χ1v) is 11.1. The lowest BCUT2D eigenvalue weighted by atomic mass is 9.97. The van der Waals surface area contributed by atoms with E-state index in [1.54, 1.807) is 12.1 Å². The number of nitrogens with two attached hydrogens (primary N) is 1. The van der Waals surface area contributed by atoms with Gasteiger partial charge in [0.05, 0.1) is 22.9 Å². The molecule has 154 valence electrons. The van der Waals surface area contributed by atoms with Crippen LogP contribution in [0.2, 0.25) is 5.02 Å². The average Bonchev–Trinajstić information content (AvgIpc) is 3.23. The molecule has 1 saturated carbocycles. The minimum Gasteiger partial charge on any atom is -0.493 e. The van der Waals surface area contributed by atoms with Gasteiger partial charge in [0.2, 0.25) is 0 Å². The molecule has 1 aromatic carbocycles. The van der Waals surface area contributed by atoms with Crippen LogP contribution in [0, 0.1) is 5.92 Å². The van der Waals surface area contributed by atoms with Crippen LogP contribution in [0.3, 0.4) is 0 Å². The van der Waals surface area contributed by atoms with E-state index in [0.29, 0.717) is 40.7 Å². The molecular weight excluding hydrogens is 374 g/mol. The van der Waals surface area contributed by atoms with Gasteiger partial charge in [0.1, 0.15) is 5.75 Å². The summed E-state index contributed by atoms with van der Waals surface area (Å²) in [5.41, 5.74) is 6.93. The zero-order valence-corrected chi connectivity index (χ0v) is 17.5. The molecule has 2 atom stereocenters. The Kier molecular flexibility index (Phi) is 6.02. The number of carbonyl (C=O) groups is 1. The lowest BCUT2D eigenvalue weighted by Gasteiger charge is -2.36. The van der Waals surface area contributed by atoms with Crippen LogP contribution in [-0.4, -0.2) is 42.6 Å². The van der Waals surface area contributed by atoms with Crippen molar-refractivity contribution in [3.63, 3.8) is 0 Å². The average molecular weight is 406 g/mol. The number of anilines is 1. The number of rotatable bonds is 6. The zero-order chi connectivity index (χ0) is 19.7. The van der Waals surface area contributed by atoms with Crippen LogP contribution >= 0.6 is 11.6 Å². The second-order valence-electron chi connectivity index (χ2n) is 8.85. The number of fused-ring (bicyclic) bond motifs is 2. The molecule has 2 unspecified atom stereocenters. The van der Waals surface area contributed by atoms with Crippen molar-refractivity contribution in [2.24, 2.45) is 5.92 Å². The van der Waals surface area contributed by atoms with Gasteiger partial charge in [-0.1, -0.05) is 37.3 Å². The molecule has 5 nitrogen and oxygen atoms in total. The molecule has 0 spiro atoms. The number of hydrogen-bond acceptors (Lipinski definition) is 4. The molecule has 1 aliphatic carbocycles. The van der Waals surface area contributed by atoms with E-state index < -0.39 is 0 Å². The third-order valence-corrected chi connectivity index (χ3v) is 7.36. The lowest BCUT2D eigenvalue weighted by Crippen LogP contribution is -2.48. The fourth-order valence-electron chi connectivity index (χ4n) is 5.29. The second-order valence-corrected chi connectivity index (χ2v) is 9.26. The Labute approximate surface area is 172 Å². The van der Waals surface area contributed by atoms with Crippen molar-refractivity contribution >= 4 is 23.2 Å². The van der Waals surface area contributed by atoms with Crippen LogP contribution in [-0.2, 0) is 0 Å². The monoisotopic (exact) mass is 405 g/mol. The maximum Gasteiger partial charge on any atom is 0.255 e. The highest BCUT2D eigenvalue weighted by Crippen LogP contribution is 2.35. The highest BCUT2D eigenvalue weighted by Gasteiger charge is 2.39. The van der Waals surface area contributed by atoms with Crippen LogP contribution in [0.25, 0.3) is 0 Å². The van der Waals surface area contributed by atoms with Crippen LogP contribution in [0.1, 0.15) is 68.1 Å². The second kappa shape index (κ2) is 8.50. The molecule has 2 heterocycles. The molecule has 2 saturated heterocycles. The van der Waals surface area contributed by atoms with Crippen molar-refractivity contribution in [1.29, 1.82) is 0 Å². The van der Waals surface area contributed by atoms with E-state index in [4.69, 9.17) is 22.1 Å². The number of nitrogen functional groups attached to an aromatic ring is 1. The number of hydrogen-bond donors (Lipinski definition) is 2. The Bertz CT molecular complexity index is 706. The van der Waals surface area contributed by atoms with Gasteiger partial charge in [0.25, 0.3) is 5.91 Å². The van der Waals surface area contributed by atoms with Gasteiger partial charge in [-0.3, -0.25) is 4.79 Å². The number of nitrogens with one attached hydrogen (secondary N) is 1. The van der Waals surface area contributed by atoms with Gasteiger partial charge < -0.3 is 20.7 Å². The van der Waals surface area contributed by atoms with Crippen molar-refractivity contribution in [3.8, 4) is 5.75 Å². The number of piperidine rings is 1. The molecule has 28 heavy (non-hydrogen) atoms. The summed E-state index contributed by atoms with van der Waals surface area (Å²) in [5.74, 6) is 1.19. The maximum atomic E-state index is 13.0. The van der Waals surface area contributed by atoms with Crippen molar-refractivity contribution < 1.29 is 9.53 Å². The molecule has 0 radical (unpaired) electrons. The third-order valence-electron chi connectivity index (χ3n) is 7.04. The molecule has 1 amide bonds. The molecule has 6 heteroatoms. The number of ether oxygens (including phenoxy) is 1. The Morgan fingerprint density at radius 1 is 1.21 bits per heavy atom. The van der Waals surface area contributed by atoms with E-state index in [0.717, 1.165) is 25.2 Å². The highest BCUT2D eigenvalue weighted by molar-refractivity contribution is 6.33. The van der Waals surface area contributed by atoms with Gasteiger partial charge in [-0.05, 0) is 51.1 Å². The molecule has 3 N–H and O–H groups in total. The summed E-state index contributed by atoms with van der Waals surface area (Å²) < 4.78 is 6.01. The Morgan fingerprint density at radius 3 is 2.57 bits per heavy atom. The standard InChI is InChI=1S/C22H32ClN3O2/c1-26-16-6-7-17(26)11-15(10-16)25-22(27)18-12-19(23)20(24)13-21(18)28-9-8-14-4-2-3-5-14/h12-17H,2-11,24H2,1H3,(H,25,27). The minimum atomic E-state index is -0.105. The van der Waals surface area contributed by atoms with Crippen molar-refractivity contribution in [1.82, 2.24) is 10.2 Å². The number of halogens is 1. The Hall–Kier alpha value is -1.46. The van der Waals surface area contributed by atoms with Gasteiger partial charge in [-0.25, -0.2) is 0 Å². The molecule has 3 aliphatic rings. The summed E-state index contributed by atoms with van der Waals surface area (Å²) in [7, 11) is 2.20. The van der Waals surface area contributed by atoms with E-state index in [9.17, 15) is 4.79 Å². The van der Waals surface area contributed by atoms with E-state index in [-0.39, 0.29) is 11.9 Å².